The average Bonchev–Trinajstić information content (AvgIpc) is 2.38. The van der Waals surface area contributed by atoms with Gasteiger partial charge in [0.05, 0.1) is 6.54 Å². The molecule has 1 aliphatic rings. The molecule has 1 aliphatic heterocycles. The molecule has 0 aromatic carbocycles. The van der Waals surface area contributed by atoms with Crippen LogP contribution >= 0.6 is 0 Å². The second-order valence-electron chi connectivity index (χ2n) is 5.91. The zero-order valence-electron chi connectivity index (χ0n) is 11.8. The summed E-state index contributed by atoms with van der Waals surface area (Å²) in [7, 11) is 0. The lowest BCUT2D eigenvalue weighted by atomic mass is 9.93. The van der Waals surface area contributed by atoms with Crippen molar-refractivity contribution in [3.05, 3.63) is 18.5 Å². The van der Waals surface area contributed by atoms with Crippen molar-refractivity contribution in [1.29, 1.82) is 0 Å². The molecule has 5 nitrogen and oxygen atoms in total. The minimum absolute atomic E-state index is 0.0116. The first-order valence-corrected chi connectivity index (χ1v) is 6.70. The molecule has 1 saturated heterocycles. The van der Waals surface area contributed by atoms with E-state index in [9.17, 15) is 4.79 Å². The number of hydrogen-bond acceptors (Lipinski definition) is 4. The maximum absolute atomic E-state index is 12.3. The monoisotopic (exact) mass is 263 g/mol. The second-order valence-corrected chi connectivity index (χ2v) is 5.91. The number of aromatic nitrogens is 2. The summed E-state index contributed by atoms with van der Waals surface area (Å²) in [5, 5.41) is 0. The van der Waals surface area contributed by atoms with Crippen LogP contribution in [0.15, 0.2) is 18.5 Å². The van der Waals surface area contributed by atoms with Crippen molar-refractivity contribution in [2.24, 2.45) is 5.41 Å². The van der Waals surface area contributed by atoms with Gasteiger partial charge in [0.25, 0.3) is 0 Å². The Balaban J connectivity index is 1.96. The predicted octanol–water partition coefficient (Wildman–Crippen LogP) is 1.89. The largest absolute Gasteiger partial charge is 0.458 e. The van der Waals surface area contributed by atoms with Crippen molar-refractivity contribution in [3.8, 4) is 6.01 Å². The zero-order valence-corrected chi connectivity index (χ0v) is 11.8. The van der Waals surface area contributed by atoms with Crippen molar-refractivity contribution < 1.29 is 9.53 Å². The molecule has 1 atom stereocenters. The Morgan fingerprint density at radius 2 is 2.05 bits per heavy atom. The molecule has 0 aliphatic carbocycles. The summed E-state index contributed by atoms with van der Waals surface area (Å²) in [4.78, 5) is 22.3. The fourth-order valence-corrected chi connectivity index (χ4v) is 2.19. The highest BCUT2D eigenvalue weighted by Gasteiger charge is 2.31. The Bertz CT molecular complexity index is 428. The van der Waals surface area contributed by atoms with Crippen LogP contribution in [0, 0.1) is 5.41 Å². The van der Waals surface area contributed by atoms with Crippen LogP contribution in [0.5, 0.6) is 6.01 Å². The number of rotatable bonds is 2. The molecule has 19 heavy (non-hydrogen) atoms. The summed E-state index contributed by atoms with van der Waals surface area (Å²) in [6.07, 6.45) is 5.19. The molecule has 0 unspecified atom stereocenters. The summed E-state index contributed by atoms with van der Waals surface area (Å²) in [5.41, 5.74) is -0.342. The Kier molecular flexibility index (Phi) is 4.02. The van der Waals surface area contributed by atoms with Crippen molar-refractivity contribution in [3.63, 3.8) is 0 Å². The highest BCUT2D eigenvalue weighted by atomic mass is 16.5. The van der Waals surface area contributed by atoms with E-state index in [1.807, 2.05) is 25.7 Å². The van der Waals surface area contributed by atoms with Crippen molar-refractivity contribution in [1.82, 2.24) is 14.9 Å². The molecule has 1 aromatic rings. The highest BCUT2D eigenvalue weighted by molar-refractivity contribution is 5.81. The maximum Gasteiger partial charge on any atom is 0.316 e. The topological polar surface area (TPSA) is 55.3 Å². The van der Waals surface area contributed by atoms with Crippen LogP contribution in [0.3, 0.4) is 0 Å². The van der Waals surface area contributed by atoms with Crippen LogP contribution in [0.4, 0.5) is 0 Å². The van der Waals surface area contributed by atoms with E-state index in [0.717, 1.165) is 19.4 Å². The Labute approximate surface area is 114 Å². The van der Waals surface area contributed by atoms with Crippen LogP contribution in [0.25, 0.3) is 0 Å². The number of carbonyl (C=O) groups is 1. The first kappa shape index (κ1) is 13.8. The fourth-order valence-electron chi connectivity index (χ4n) is 2.19. The molecule has 2 rings (SSSR count). The van der Waals surface area contributed by atoms with Gasteiger partial charge in [0, 0.05) is 24.4 Å². The highest BCUT2D eigenvalue weighted by Crippen LogP contribution is 2.22. The number of ether oxygens (including phenoxy) is 1. The van der Waals surface area contributed by atoms with Gasteiger partial charge in [0.2, 0.25) is 5.91 Å². The van der Waals surface area contributed by atoms with Crippen LogP contribution < -0.4 is 4.74 Å². The number of nitrogens with zero attached hydrogens (tertiary/aromatic N) is 3. The van der Waals surface area contributed by atoms with Gasteiger partial charge in [-0.2, -0.15) is 0 Å². The van der Waals surface area contributed by atoms with E-state index >= 15 is 0 Å². The minimum atomic E-state index is -0.342. The molecule has 5 heteroatoms. The number of piperidine rings is 1. The molecule has 1 aromatic heterocycles. The van der Waals surface area contributed by atoms with E-state index in [-0.39, 0.29) is 17.4 Å². The molecular formula is C14H21N3O2. The van der Waals surface area contributed by atoms with E-state index in [4.69, 9.17) is 4.74 Å². The molecule has 0 N–H and O–H groups in total. The summed E-state index contributed by atoms with van der Waals surface area (Å²) in [6, 6.07) is 2.14. The second kappa shape index (κ2) is 5.55. The molecule has 2 heterocycles. The number of likely N-dealkylation sites (tertiary alicyclic amines) is 1. The van der Waals surface area contributed by atoms with Crippen LogP contribution in [-0.4, -0.2) is 40.0 Å². The number of carbonyl (C=O) groups excluding carboxylic acids is 1. The first-order valence-electron chi connectivity index (χ1n) is 6.70. The lowest BCUT2D eigenvalue weighted by molar-refractivity contribution is -0.142. The van der Waals surface area contributed by atoms with E-state index in [0.29, 0.717) is 12.6 Å². The fraction of sp³-hybridized carbons (Fsp3) is 0.643. The molecule has 0 spiro atoms. The SMILES string of the molecule is CC(C)(C)C(=O)N1CCC[C@H](Oc2ncccn2)C1. The summed E-state index contributed by atoms with van der Waals surface area (Å²) < 4.78 is 5.73. The first-order chi connectivity index (χ1) is 8.97. The molecule has 1 fully saturated rings. The van der Waals surface area contributed by atoms with Crippen molar-refractivity contribution in [2.75, 3.05) is 13.1 Å². The van der Waals surface area contributed by atoms with Crippen molar-refractivity contribution >= 4 is 5.91 Å². The Morgan fingerprint density at radius 3 is 2.68 bits per heavy atom. The van der Waals surface area contributed by atoms with Gasteiger partial charge in [-0.3, -0.25) is 4.79 Å². The Morgan fingerprint density at radius 1 is 1.37 bits per heavy atom. The number of amides is 1. The average molecular weight is 263 g/mol. The molecule has 1 amide bonds. The van der Waals surface area contributed by atoms with Gasteiger partial charge >= 0.3 is 6.01 Å². The summed E-state index contributed by atoms with van der Waals surface area (Å²) >= 11 is 0. The van der Waals surface area contributed by atoms with E-state index in [2.05, 4.69) is 9.97 Å². The van der Waals surface area contributed by atoms with Gasteiger partial charge in [0.15, 0.2) is 0 Å². The van der Waals surface area contributed by atoms with Gasteiger partial charge in [-0.25, -0.2) is 9.97 Å². The molecule has 104 valence electrons. The standard InChI is InChI=1S/C14H21N3O2/c1-14(2,3)12(18)17-9-4-6-11(10-17)19-13-15-7-5-8-16-13/h5,7-8,11H,4,6,9-10H2,1-3H3/t11-/m0/s1. The molecule has 0 radical (unpaired) electrons. The summed E-state index contributed by atoms with van der Waals surface area (Å²) in [6.45, 7) is 7.26. The zero-order chi connectivity index (χ0) is 13.9. The molecule has 0 bridgehead atoms. The third kappa shape index (κ3) is 3.66. The lowest BCUT2D eigenvalue weighted by Crippen LogP contribution is -2.48. The number of hydrogen-bond donors (Lipinski definition) is 0. The van der Waals surface area contributed by atoms with Gasteiger partial charge in [-0.15, -0.1) is 0 Å². The van der Waals surface area contributed by atoms with E-state index < -0.39 is 0 Å². The van der Waals surface area contributed by atoms with Crippen LogP contribution in [-0.2, 0) is 4.79 Å². The van der Waals surface area contributed by atoms with Crippen molar-refractivity contribution in [2.45, 2.75) is 39.7 Å². The van der Waals surface area contributed by atoms with E-state index in [1.165, 1.54) is 0 Å². The normalized spacial score (nSPS) is 20.2. The third-order valence-corrected chi connectivity index (χ3v) is 3.12. The Hall–Kier alpha value is -1.65. The molecule has 0 saturated carbocycles. The van der Waals surface area contributed by atoms with Crippen LogP contribution in [0.2, 0.25) is 0 Å². The van der Waals surface area contributed by atoms with Crippen LogP contribution in [0.1, 0.15) is 33.6 Å². The van der Waals surface area contributed by atoms with Gasteiger partial charge < -0.3 is 9.64 Å². The van der Waals surface area contributed by atoms with Gasteiger partial charge in [0.1, 0.15) is 6.10 Å². The lowest BCUT2D eigenvalue weighted by Gasteiger charge is -2.36. The molecular weight excluding hydrogens is 242 g/mol. The van der Waals surface area contributed by atoms with E-state index in [1.54, 1.807) is 18.5 Å². The summed E-state index contributed by atoms with van der Waals surface area (Å²) in [5.74, 6) is 0.176. The minimum Gasteiger partial charge on any atom is -0.458 e. The predicted molar refractivity (Wildman–Crippen MR) is 71.7 cm³/mol. The smallest absolute Gasteiger partial charge is 0.316 e. The third-order valence-electron chi connectivity index (χ3n) is 3.12. The quantitative estimate of drug-likeness (QED) is 0.817. The van der Waals surface area contributed by atoms with Gasteiger partial charge in [-0.05, 0) is 18.9 Å². The van der Waals surface area contributed by atoms with Gasteiger partial charge in [-0.1, -0.05) is 20.8 Å². The maximum atomic E-state index is 12.3.